The second-order valence-corrected chi connectivity index (χ2v) is 6.43. The molecule has 2 aromatic heterocycles. The summed E-state index contributed by atoms with van der Waals surface area (Å²) >= 11 is 0. The van der Waals surface area contributed by atoms with Gasteiger partial charge in [0.25, 0.3) is 0 Å². The maximum atomic E-state index is 4.69. The van der Waals surface area contributed by atoms with Gasteiger partial charge >= 0.3 is 0 Å². The fraction of sp³-hybridized carbons (Fsp3) is 0.143. The Kier molecular flexibility index (Phi) is 2.98. The first-order chi connectivity index (χ1) is 11.9. The summed E-state index contributed by atoms with van der Waals surface area (Å²) in [7, 11) is 0. The van der Waals surface area contributed by atoms with Gasteiger partial charge in [-0.3, -0.25) is 4.98 Å². The van der Waals surface area contributed by atoms with Gasteiger partial charge < -0.3 is 4.98 Å². The molecule has 24 heavy (non-hydrogen) atoms. The Morgan fingerprint density at radius 2 is 1.83 bits per heavy atom. The summed E-state index contributed by atoms with van der Waals surface area (Å²) in [5.74, 6) is 0.749. The van der Waals surface area contributed by atoms with E-state index in [1.165, 1.54) is 24.0 Å². The molecular formula is C21H17N3. The molecule has 0 spiro atoms. The van der Waals surface area contributed by atoms with Crippen molar-refractivity contribution in [3.05, 3.63) is 72.7 Å². The molecule has 0 unspecified atom stereocenters. The molecule has 2 heterocycles. The van der Waals surface area contributed by atoms with Gasteiger partial charge in [0.05, 0.1) is 23.1 Å². The van der Waals surface area contributed by atoms with Crippen LogP contribution in [-0.2, 0) is 0 Å². The quantitative estimate of drug-likeness (QED) is 0.567. The lowest BCUT2D eigenvalue weighted by Gasteiger charge is -2.10. The highest BCUT2D eigenvalue weighted by Crippen LogP contribution is 2.41. The molecule has 3 heteroatoms. The highest BCUT2D eigenvalue weighted by molar-refractivity contribution is 5.86. The van der Waals surface area contributed by atoms with Gasteiger partial charge in [-0.05, 0) is 54.2 Å². The third-order valence-electron chi connectivity index (χ3n) is 4.75. The zero-order chi connectivity index (χ0) is 15.9. The minimum atomic E-state index is 0.749. The number of H-pyrrole nitrogens is 1. The van der Waals surface area contributed by atoms with E-state index in [0.29, 0.717) is 0 Å². The lowest BCUT2D eigenvalue weighted by atomic mass is 9.97. The van der Waals surface area contributed by atoms with Crippen LogP contribution in [0.4, 0.5) is 0 Å². The van der Waals surface area contributed by atoms with Crippen molar-refractivity contribution in [2.24, 2.45) is 0 Å². The van der Waals surface area contributed by atoms with Crippen LogP contribution in [0.1, 0.15) is 24.3 Å². The smallest absolute Gasteiger partial charge is 0.0931 e. The van der Waals surface area contributed by atoms with Gasteiger partial charge in [0, 0.05) is 17.3 Å². The number of aromatic amines is 1. The SMILES string of the molecule is c1cc(-c2ncccc2-c2ccc3nc[nH]c3c2)cc(C2CC2)c1. The normalized spacial score (nSPS) is 14.2. The number of nitrogens with zero attached hydrogens (tertiary/aromatic N) is 2. The molecule has 2 aromatic carbocycles. The molecule has 0 radical (unpaired) electrons. The fourth-order valence-electron chi connectivity index (χ4n) is 3.33. The van der Waals surface area contributed by atoms with Crippen molar-refractivity contribution < 1.29 is 0 Å². The molecular weight excluding hydrogens is 294 g/mol. The van der Waals surface area contributed by atoms with Crippen LogP contribution in [0.3, 0.4) is 0 Å². The van der Waals surface area contributed by atoms with E-state index in [-0.39, 0.29) is 0 Å². The van der Waals surface area contributed by atoms with Crippen molar-refractivity contribution in [2.45, 2.75) is 18.8 Å². The average Bonchev–Trinajstić information content (AvgIpc) is 3.39. The predicted molar refractivity (Wildman–Crippen MR) is 96.7 cm³/mol. The molecule has 0 amide bonds. The molecule has 1 aliphatic carbocycles. The summed E-state index contributed by atoms with van der Waals surface area (Å²) in [6.07, 6.45) is 6.24. The van der Waals surface area contributed by atoms with Gasteiger partial charge in [0.1, 0.15) is 0 Å². The van der Waals surface area contributed by atoms with Crippen LogP contribution in [0.5, 0.6) is 0 Å². The van der Waals surface area contributed by atoms with E-state index < -0.39 is 0 Å². The Hall–Kier alpha value is -2.94. The largest absolute Gasteiger partial charge is 0.345 e. The number of hydrogen-bond donors (Lipinski definition) is 1. The number of hydrogen-bond acceptors (Lipinski definition) is 2. The second kappa shape index (κ2) is 5.31. The molecule has 0 atom stereocenters. The van der Waals surface area contributed by atoms with Crippen molar-refractivity contribution in [3.8, 4) is 22.4 Å². The Morgan fingerprint density at radius 3 is 2.75 bits per heavy atom. The van der Waals surface area contributed by atoms with Crippen LogP contribution in [0.15, 0.2) is 67.1 Å². The standard InChI is InChI=1S/C21H17N3/c1-3-15(14-6-7-14)11-17(4-1)21-18(5-2-10-22-21)16-8-9-19-20(12-16)24-13-23-19/h1-5,8-14H,6-7H2,(H,23,24). The number of fused-ring (bicyclic) bond motifs is 1. The van der Waals surface area contributed by atoms with E-state index in [1.54, 1.807) is 6.33 Å². The van der Waals surface area contributed by atoms with E-state index >= 15 is 0 Å². The van der Waals surface area contributed by atoms with Crippen molar-refractivity contribution >= 4 is 11.0 Å². The number of nitrogens with one attached hydrogen (secondary N) is 1. The maximum Gasteiger partial charge on any atom is 0.0931 e. The first kappa shape index (κ1) is 13.5. The number of pyridine rings is 1. The van der Waals surface area contributed by atoms with Gasteiger partial charge in [0.15, 0.2) is 0 Å². The van der Waals surface area contributed by atoms with E-state index in [4.69, 9.17) is 0 Å². The summed E-state index contributed by atoms with van der Waals surface area (Å²) in [6, 6.07) is 19.3. The number of benzene rings is 2. The lowest BCUT2D eigenvalue weighted by molar-refractivity contribution is 1.13. The number of rotatable bonds is 3. The van der Waals surface area contributed by atoms with E-state index in [9.17, 15) is 0 Å². The molecule has 5 rings (SSSR count). The van der Waals surface area contributed by atoms with Crippen molar-refractivity contribution in [2.75, 3.05) is 0 Å². The fourth-order valence-corrected chi connectivity index (χ4v) is 3.33. The van der Waals surface area contributed by atoms with Crippen LogP contribution in [0.25, 0.3) is 33.4 Å². The van der Waals surface area contributed by atoms with Gasteiger partial charge in [-0.15, -0.1) is 0 Å². The molecule has 1 fully saturated rings. The van der Waals surface area contributed by atoms with Crippen LogP contribution >= 0.6 is 0 Å². The first-order valence-electron chi connectivity index (χ1n) is 8.37. The third-order valence-corrected chi connectivity index (χ3v) is 4.75. The van der Waals surface area contributed by atoms with Crippen molar-refractivity contribution in [3.63, 3.8) is 0 Å². The molecule has 0 aliphatic heterocycles. The van der Waals surface area contributed by atoms with Crippen LogP contribution in [0.2, 0.25) is 0 Å². The Labute approximate surface area is 140 Å². The Bertz CT molecular complexity index is 1030. The molecule has 0 bridgehead atoms. The zero-order valence-corrected chi connectivity index (χ0v) is 13.2. The number of aromatic nitrogens is 3. The molecule has 1 saturated carbocycles. The summed E-state index contributed by atoms with van der Waals surface area (Å²) in [4.78, 5) is 12.2. The molecule has 0 saturated heterocycles. The topological polar surface area (TPSA) is 41.6 Å². The van der Waals surface area contributed by atoms with Gasteiger partial charge in [-0.25, -0.2) is 4.98 Å². The Balaban J connectivity index is 1.66. The van der Waals surface area contributed by atoms with Gasteiger partial charge in [-0.2, -0.15) is 0 Å². The summed E-state index contributed by atoms with van der Waals surface area (Å²) in [5, 5.41) is 0. The van der Waals surface area contributed by atoms with E-state index in [0.717, 1.165) is 33.8 Å². The first-order valence-corrected chi connectivity index (χ1v) is 8.37. The highest BCUT2D eigenvalue weighted by atomic mass is 14.9. The monoisotopic (exact) mass is 311 g/mol. The van der Waals surface area contributed by atoms with E-state index in [2.05, 4.69) is 63.5 Å². The third kappa shape index (κ3) is 2.29. The lowest BCUT2D eigenvalue weighted by Crippen LogP contribution is -1.90. The van der Waals surface area contributed by atoms with Gasteiger partial charge in [0.2, 0.25) is 0 Å². The average molecular weight is 311 g/mol. The Morgan fingerprint density at radius 1 is 0.875 bits per heavy atom. The molecule has 1 aliphatic rings. The van der Waals surface area contributed by atoms with Crippen LogP contribution in [0, 0.1) is 0 Å². The molecule has 116 valence electrons. The molecule has 3 nitrogen and oxygen atoms in total. The minimum absolute atomic E-state index is 0.749. The second-order valence-electron chi connectivity index (χ2n) is 6.43. The maximum absolute atomic E-state index is 4.69. The summed E-state index contributed by atoms with van der Waals surface area (Å²) in [5.41, 5.74) is 8.02. The van der Waals surface area contributed by atoms with Crippen LogP contribution < -0.4 is 0 Å². The van der Waals surface area contributed by atoms with E-state index in [1.807, 2.05) is 12.3 Å². The molecule has 4 aromatic rings. The number of imidazole rings is 1. The van der Waals surface area contributed by atoms with Crippen molar-refractivity contribution in [1.82, 2.24) is 15.0 Å². The minimum Gasteiger partial charge on any atom is -0.345 e. The van der Waals surface area contributed by atoms with Gasteiger partial charge in [-0.1, -0.05) is 30.3 Å². The predicted octanol–water partition coefficient (Wildman–Crippen LogP) is 5.17. The summed E-state index contributed by atoms with van der Waals surface area (Å²) < 4.78 is 0. The molecule has 1 N–H and O–H groups in total. The van der Waals surface area contributed by atoms with Crippen LogP contribution in [-0.4, -0.2) is 15.0 Å². The highest BCUT2D eigenvalue weighted by Gasteiger charge is 2.23. The summed E-state index contributed by atoms with van der Waals surface area (Å²) in [6.45, 7) is 0. The zero-order valence-electron chi connectivity index (χ0n) is 13.2. The van der Waals surface area contributed by atoms with Crippen molar-refractivity contribution in [1.29, 1.82) is 0 Å².